The van der Waals surface area contributed by atoms with E-state index in [4.69, 9.17) is 14.2 Å². The van der Waals surface area contributed by atoms with Gasteiger partial charge in [0.05, 0.1) is 19.8 Å². The van der Waals surface area contributed by atoms with Gasteiger partial charge in [-0.2, -0.15) is 0 Å². The molecule has 2 atom stereocenters. The van der Waals surface area contributed by atoms with Crippen LogP contribution in [0.5, 0.6) is 11.5 Å². The summed E-state index contributed by atoms with van der Waals surface area (Å²) in [5, 5.41) is 2.81. The van der Waals surface area contributed by atoms with Crippen LogP contribution in [0.15, 0.2) is 42.5 Å². The Bertz CT molecular complexity index is 989. The van der Waals surface area contributed by atoms with Gasteiger partial charge >= 0.3 is 5.97 Å². The zero-order valence-electron chi connectivity index (χ0n) is 16.0. The van der Waals surface area contributed by atoms with Crippen molar-refractivity contribution in [3.63, 3.8) is 0 Å². The molecule has 150 valence electrons. The van der Waals surface area contributed by atoms with E-state index in [1.54, 1.807) is 42.5 Å². The van der Waals surface area contributed by atoms with E-state index in [-0.39, 0.29) is 18.2 Å². The largest absolute Gasteiger partial charge is 0.493 e. The molecule has 0 bridgehead atoms. The lowest BCUT2D eigenvalue weighted by atomic mass is 10.1. The lowest BCUT2D eigenvalue weighted by Gasteiger charge is -2.29. The van der Waals surface area contributed by atoms with E-state index in [1.807, 2.05) is 0 Å². The number of ether oxygens (including phenoxy) is 3. The number of rotatable bonds is 5. The highest BCUT2D eigenvalue weighted by Gasteiger charge is 2.46. The highest BCUT2D eigenvalue weighted by Crippen LogP contribution is 2.38. The Morgan fingerprint density at radius 2 is 1.86 bits per heavy atom. The van der Waals surface area contributed by atoms with Crippen LogP contribution >= 0.6 is 0 Å². The predicted octanol–water partition coefficient (Wildman–Crippen LogP) is 2.50. The number of nitrogens with zero attached hydrogens (tertiary/aromatic N) is 1. The summed E-state index contributed by atoms with van der Waals surface area (Å²) in [6, 6.07) is 11.1. The summed E-state index contributed by atoms with van der Waals surface area (Å²) in [5.74, 6) is -0.0687. The van der Waals surface area contributed by atoms with Crippen LogP contribution in [0.25, 0.3) is 0 Å². The van der Waals surface area contributed by atoms with Crippen LogP contribution in [-0.4, -0.2) is 42.9 Å². The van der Waals surface area contributed by atoms with Crippen LogP contribution in [0.3, 0.4) is 0 Å². The molecule has 0 spiro atoms. The summed E-state index contributed by atoms with van der Waals surface area (Å²) in [7, 11) is 3.03. The van der Waals surface area contributed by atoms with E-state index in [1.165, 1.54) is 19.1 Å². The Kier molecular flexibility index (Phi) is 4.84. The second kappa shape index (κ2) is 7.46. The first-order valence-electron chi connectivity index (χ1n) is 9.17. The van der Waals surface area contributed by atoms with Crippen LogP contribution in [0.1, 0.15) is 35.0 Å². The van der Waals surface area contributed by atoms with Crippen molar-refractivity contribution in [2.45, 2.75) is 25.1 Å². The lowest BCUT2D eigenvalue weighted by molar-refractivity contribution is -0.144. The van der Waals surface area contributed by atoms with E-state index in [9.17, 15) is 14.4 Å². The fraction of sp³-hybridized carbons (Fsp3) is 0.286. The van der Waals surface area contributed by atoms with Crippen molar-refractivity contribution in [1.29, 1.82) is 0 Å². The highest BCUT2D eigenvalue weighted by molar-refractivity contribution is 6.00. The van der Waals surface area contributed by atoms with Gasteiger partial charge in [-0.1, -0.05) is 18.2 Å². The molecule has 2 amide bonds. The molecule has 0 aromatic heterocycles. The average Bonchev–Trinajstić information content (AvgIpc) is 3.28. The Labute approximate surface area is 167 Å². The van der Waals surface area contributed by atoms with Gasteiger partial charge in [0.1, 0.15) is 6.04 Å². The molecule has 2 aliphatic heterocycles. The minimum atomic E-state index is -0.894. The molecule has 1 saturated heterocycles. The summed E-state index contributed by atoms with van der Waals surface area (Å²) in [6.07, 6.45) is -0.344. The topological polar surface area (TPSA) is 94.2 Å². The molecule has 2 aliphatic rings. The number of nitrogens with one attached hydrogen (secondary N) is 1. The Morgan fingerprint density at radius 3 is 2.62 bits per heavy atom. The van der Waals surface area contributed by atoms with Gasteiger partial charge in [0.15, 0.2) is 11.5 Å². The molecule has 29 heavy (non-hydrogen) atoms. The van der Waals surface area contributed by atoms with Gasteiger partial charge in [0.2, 0.25) is 18.0 Å². The Balaban J connectivity index is 1.57. The third kappa shape index (κ3) is 3.26. The van der Waals surface area contributed by atoms with Crippen molar-refractivity contribution >= 4 is 23.5 Å². The molecular formula is C21H20N2O6. The van der Waals surface area contributed by atoms with Gasteiger partial charge in [0, 0.05) is 23.7 Å². The van der Waals surface area contributed by atoms with Gasteiger partial charge < -0.3 is 19.5 Å². The van der Waals surface area contributed by atoms with Crippen molar-refractivity contribution in [2.24, 2.45) is 0 Å². The summed E-state index contributed by atoms with van der Waals surface area (Å²) in [6.45, 7) is 0. The average molecular weight is 396 g/mol. The summed E-state index contributed by atoms with van der Waals surface area (Å²) in [5.41, 5.74) is 1.52. The molecule has 2 heterocycles. The smallest absolute Gasteiger partial charge is 0.340 e. The minimum absolute atomic E-state index is 0.209. The molecule has 8 nitrogen and oxygen atoms in total. The van der Waals surface area contributed by atoms with Crippen molar-refractivity contribution in [2.75, 3.05) is 19.5 Å². The summed E-state index contributed by atoms with van der Waals surface area (Å²) >= 11 is 0. The van der Waals surface area contributed by atoms with Crippen molar-refractivity contribution in [3.05, 3.63) is 53.6 Å². The maximum atomic E-state index is 13.0. The zero-order valence-corrected chi connectivity index (χ0v) is 16.0. The van der Waals surface area contributed by atoms with Gasteiger partial charge in [-0.05, 0) is 24.6 Å². The number of esters is 1. The van der Waals surface area contributed by atoms with E-state index in [2.05, 4.69) is 5.32 Å². The first-order chi connectivity index (χ1) is 14.0. The third-order valence-electron chi connectivity index (χ3n) is 5.13. The van der Waals surface area contributed by atoms with Gasteiger partial charge in [-0.3, -0.25) is 14.5 Å². The number of benzene rings is 2. The van der Waals surface area contributed by atoms with Crippen molar-refractivity contribution in [3.8, 4) is 11.5 Å². The molecule has 0 aliphatic carbocycles. The van der Waals surface area contributed by atoms with Crippen molar-refractivity contribution < 1.29 is 28.6 Å². The van der Waals surface area contributed by atoms with Crippen LogP contribution < -0.4 is 14.8 Å². The highest BCUT2D eigenvalue weighted by atomic mass is 16.6. The van der Waals surface area contributed by atoms with Gasteiger partial charge in [-0.15, -0.1) is 0 Å². The number of carbonyl (C=O) groups is 3. The number of hydrogen-bond donors (Lipinski definition) is 1. The zero-order chi connectivity index (χ0) is 20.5. The van der Waals surface area contributed by atoms with Crippen LogP contribution in [-0.2, 0) is 14.3 Å². The molecule has 8 heteroatoms. The number of hydrogen-bond acceptors (Lipinski definition) is 6. The minimum Gasteiger partial charge on any atom is -0.493 e. The lowest BCUT2D eigenvalue weighted by Crippen LogP contribution is -2.43. The molecule has 0 unspecified atom stereocenters. The standard InChI is InChI=1S/C21H20N2O6/c1-27-16-9-7-12(11-17(16)28-2)22-19(25)15-8-10-18(24)23(15)20-13-5-3-4-6-14(13)21(26)29-20/h3-7,9,11,15,20H,8,10H2,1-2H3,(H,22,25)/t15-,20-/m1/s1. The number of likely N-dealkylation sites (tertiary alicyclic amines) is 1. The van der Waals surface area contributed by atoms with E-state index in [0.29, 0.717) is 34.7 Å². The number of methoxy groups -OCH3 is 2. The third-order valence-corrected chi connectivity index (χ3v) is 5.13. The summed E-state index contributed by atoms with van der Waals surface area (Å²) in [4.78, 5) is 39.0. The van der Waals surface area contributed by atoms with Gasteiger partial charge in [-0.25, -0.2) is 4.79 Å². The van der Waals surface area contributed by atoms with E-state index < -0.39 is 18.2 Å². The molecule has 1 N–H and O–H groups in total. The molecule has 0 saturated carbocycles. The predicted molar refractivity (Wildman–Crippen MR) is 103 cm³/mol. The van der Waals surface area contributed by atoms with Crippen LogP contribution in [0, 0.1) is 0 Å². The molecule has 0 radical (unpaired) electrons. The molecule has 2 aromatic rings. The molecular weight excluding hydrogens is 376 g/mol. The monoisotopic (exact) mass is 396 g/mol. The SMILES string of the molecule is COc1ccc(NC(=O)[C@H]2CCC(=O)N2[C@@H]2OC(=O)c3ccccc32)cc1OC. The second-order valence-electron chi connectivity index (χ2n) is 6.76. The quantitative estimate of drug-likeness (QED) is 0.781. The van der Waals surface area contributed by atoms with E-state index >= 15 is 0 Å². The van der Waals surface area contributed by atoms with Crippen LogP contribution in [0.2, 0.25) is 0 Å². The summed E-state index contributed by atoms with van der Waals surface area (Å²) < 4.78 is 15.9. The number of carbonyl (C=O) groups excluding carboxylic acids is 3. The van der Waals surface area contributed by atoms with Gasteiger partial charge in [0.25, 0.3) is 0 Å². The van der Waals surface area contributed by atoms with E-state index in [0.717, 1.165) is 0 Å². The number of fused-ring (bicyclic) bond motifs is 1. The number of amides is 2. The number of anilines is 1. The van der Waals surface area contributed by atoms with Crippen LogP contribution in [0.4, 0.5) is 5.69 Å². The maximum absolute atomic E-state index is 13.0. The Morgan fingerprint density at radius 1 is 1.10 bits per heavy atom. The normalized spacial score (nSPS) is 20.3. The Hall–Kier alpha value is -3.55. The molecule has 2 aromatic carbocycles. The maximum Gasteiger partial charge on any atom is 0.340 e. The fourth-order valence-electron chi connectivity index (χ4n) is 3.73. The van der Waals surface area contributed by atoms with Crippen molar-refractivity contribution in [1.82, 2.24) is 4.90 Å². The molecule has 4 rings (SSSR count). The fourth-order valence-corrected chi connectivity index (χ4v) is 3.73. The first kappa shape index (κ1) is 18.8. The second-order valence-corrected chi connectivity index (χ2v) is 6.76. The number of cyclic esters (lactones) is 1. The molecule has 1 fully saturated rings. The first-order valence-corrected chi connectivity index (χ1v) is 9.17.